The fourth-order valence-corrected chi connectivity index (χ4v) is 3.86. The highest BCUT2D eigenvalue weighted by atomic mass is 79.9. The number of hydrogen-bond donors (Lipinski definition) is 1. The van der Waals surface area contributed by atoms with Gasteiger partial charge in [0, 0.05) is 15.6 Å². The maximum absolute atomic E-state index is 10.3. The summed E-state index contributed by atoms with van der Waals surface area (Å²) in [4.78, 5) is 0. The van der Waals surface area contributed by atoms with E-state index in [0.717, 1.165) is 10.0 Å². The summed E-state index contributed by atoms with van der Waals surface area (Å²) in [6.45, 7) is 0. The molecular weight excluding hydrogens is 332 g/mol. The van der Waals surface area contributed by atoms with Gasteiger partial charge in [0.2, 0.25) is 0 Å². The SMILES string of the molecule is OC(Cc1ccccc1Br)Cc1csc2ccccc12. The van der Waals surface area contributed by atoms with E-state index < -0.39 is 0 Å². The quantitative estimate of drug-likeness (QED) is 0.718. The number of aliphatic hydroxyl groups excluding tert-OH is 1. The first kappa shape index (κ1) is 13.8. The van der Waals surface area contributed by atoms with E-state index in [1.165, 1.54) is 15.6 Å². The van der Waals surface area contributed by atoms with Crippen molar-refractivity contribution < 1.29 is 5.11 Å². The van der Waals surface area contributed by atoms with Gasteiger partial charge in [-0.25, -0.2) is 0 Å². The molecule has 0 aliphatic carbocycles. The van der Waals surface area contributed by atoms with Crippen molar-refractivity contribution in [1.82, 2.24) is 0 Å². The first-order chi connectivity index (χ1) is 9.74. The van der Waals surface area contributed by atoms with E-state index in [4.69, 9.17) is 0 Å². The van der Waals surface area contributed by atoms with Gasteiger partial charge in [-0.15, -0.1) is 11.3 Å². The Morgan fingerprint density at radius 3 is 2.50 bits per heavy atom. The van der Waals surface area contributed by atoms with Crippen LogP contribution in [0.25, 0.3) is 10.1 Å². The fourth-order valence-electron chi connectivity index (χ4n) is 2.43. The number of hydrogen-bond acceptors (Lipinski definition) is 2. The highest BCUT2D eigenvalue weighted by molar-refractivity contribution is 9.10. The van der Waals surface area contributed by atoms with Gasteiger partial charge < -0.3 is 5.11 Å². The molecule has 0 aliphatic heterocycles. The Labute approximate surface area is 131 Å². The Kier molecular flexibility index (Phi) is 4.20. The second-order valence-corrected chi connectivity index (χ2v) is 6.68. The van der Waals surface area contributed by atoms with E-state index in [1.54, 1.807) is 11.3 Å². The van der Waals surface area contributed by atoms with Crippen molar-refractivity contribution in [3.63, 3.8) is 0 Å². The van der Waals surface area contributed by atoms with Crippen molar-refractivity contribution in [1.29, 1.82) is 0 Å². The minimum atomic E-state index is -0.355. The molecule has 0 saturated carbocycles. The van der Waals surface area contributed by atoms with Gasteiger partial charge in [0.25, 0.3) is 0 Å². The zero-order valence-electron chi connectivity index (χ0n) is 10.9. The third-order valence-corrected chi connectivity index (χ3v) is 5.22. The van der Waals surface area contributed by atoms with Crippen LogP contribution in [0.15, 0.2) is 58.4 Å². The molecule has 0 saturated heterocycles. The molecule has 0 spiro atoms. The molecule has 3 heteroatoms. The van der Waals surface area contributed by atoms with Crippen LogP contribution in [-0.4, -0.2) is 11.2 Å². The third-order valence-electron chi connectivity index (χ3n) is 3.43. The molecule has 1 atom stereocenters. The van der Waals surface area contributed by atoms with Gasteiger partial charge in [0.15, 0.2) is 0 Å². The van der Waals surface area contributed by atoms with Crippen LogP contribution >= 0.6 is 27.3 Å². The zero-order valence-corrected chi connectivity index (χ0v) is 13.3. The first-order valence-electron chi connectivity index (χ1n) is 6.60. The molecule has 1 nitrogen and oxygen atoms in total. The molecule has 102 valence electrons. The summed E-state index contributed by atoms with van der Waals surface area (Å²) in [5, 5.41) is 13.8. The molecule has 1 unspecified atom stereocenters. The summed E-state index contributed by atoms with van der Waals surface area (Å²) >= 11 is 5.28. The van der Waals surface area contributed by atoms with Crippen LogP contribution in [0.2, 0.25) is 0 Å². The van der Waals surface area contributed by atoms with E-state index in [0.29, 0.717) is 12.8 Å². The maximum Gasteiger partial charge on any atom is 0.0621 e. The minimum Gasteiger partial charge on any atom is -0.392 e. The van der Waals surface area contributed by atoms with Crippen molar-refractivity contribution in [3.05, 3.63) is 69.5 Å². The Morgan fingerprint density at radius 1 is 0.950 bits per heavy atom. The van der Waals surface area contributed by atoms with Gasteiger partial charge in [-0.05, 0) is 40.4 Å². The summed E-state index contributed by atoms with van der Waals surface area (Å²) in [7, 11) is 0. The van der Waals surface area contributed by atoms with Gasteiger partial charge >= 0.3 is 0 Å². The maximum atomic E-state index is 10.3. The normalized spacial score (nSPS) is 12.7. The molecule has 0 radical (unpaired) electrons. The summed E-state index contributed by atoms with van der Waals surface area (Å²) < 4.78 is 2.35. The second-order valence-electron chi connectivity index (χ2n) is 4.91. The van der Waals surface area contributed by atoms with Crippen LogP contribution in [0.5, 0.6) is 0 Å². The molecule has 0 fully saturated rings. The molecule has 20 heavy (non-hydrogen) atoms. The van der Waals surface area contributed by atoms with Gasteiger partial charge in [-0.2, -0.15) is 0 Å². The van der Waals surface area contributed by atoms with E-state index in [9.17, 15) is 5.11 Å². The molecule has 0 amide bonds. The lowest BCUT2D eigenvalue weighted by molar-refractivity contribution is 0.175. The molecule has 1 heterocycles. The average Bonchev–Trinajstić information content (AvgIpc) is 2.85. The topological polar surface area (TPSA) is 20.2 Å². The fraction of sp³-hybridized carbons (Fsp3) is 0.176. The lowest BCUT2D eigenvalue weighted by Crippen LogP contribution is -2.14. The van der Waals surface area contributed by atoms with Gasteiger partial charge in [0.1, 0.15) is 0 Å². The molecular formula is C17H15BrOS. The number of aliphatic hydroxyl groups is 1. The Bertz CT molecular complexity index is 720. The lowest BCUT2D eigenvalue weighted by atomic mass is 10.0. The van der Waals surface area contributed by atoms with Crippen LogP contribution in [0, 0.1) is 0 Å². The first-order valence-corrected chi connectivity index (χ1v) is 8.28. The van der Waals surface area contributed by atoms with Gasteiger partial charge in [-0.1, -0.05) is 52.3 Å². The van der Waals surface area contributed by atoms with Crippen LogP contribution in [0.4, 0.5) is 0 Å². The van der Waals surface area contributed by atoms with Gasteiger partial charge in [0.05, 0.1) is 6.10 Å². The molecule has 3 rings (SSSR count). The largest absolute Gasteiger partial charge is 0.392 e. The van der Waals surface area contributed by atoms with Crippen LogP contribution in [0.3, 0.4) is 0 Å². The monoisotopic (exact) mass is 346 g/mol. The number of fused-ring (bicyclic) bond motifs is 1. The molecule has 0 aliphatic rings. The van der Waals surface area contributed by atoms with E-state index >= 15 is 0 Å². The smallest absolute Gasteiger partial charge is 0.0621 e. The average molecular weight is 347 g/mol. The van der Waals surface area contributed by atoms with Crippen molar-refractivity contribution >= 4 is 37.4 Å². The van der Waals surface area contributed by atoms with Crippen LogP contribution in [-0.2, 0) is 12.8 Å². The summed E-state index contributed by atoms with van der Waals surface area (Å²) in [6, 6.07) is 16.4. The minimum absolute atomic E-state index is 0.355. The lowest BCUT2D eigenvalue weighted by Gasteiger charge is -2.11. The van der Waals surface area contributed by atoms with Crippen molar-refractivity contribution in [2.75, 3.05) is 0 Å². The second kappa shape index (κ2) is 6.08. The Morgan fingerprint density at radius 2 is 1.65 bits per heavy atom. The highest BCUT2D eigenvalue weighted by Crippen LogP contribution is 2.27. The molecule has 2 aromatic carbocycles. The number of benzene rings is 2. The number of halogens is 1. The predicted molar refractivity (Wildman–Crippen MR) is 89.4 cm³/mol. The third kappa shape index (κ3) is 2.95. The molecule has 1 N–H and O–H groups in total. The van der Waals surface area contributed by atoms with Gasteiger partial charge in [-0.3, -0.25) is 0 Å². The standard InChI is InChI=1S/C17H15BrOS/c18-16-7-3-1-5-12(16)9-14(19)10-13-11-20-17-8-4-2-6-15(13)17/h1-8,11,14,19H,9-10H2. The van der Waals surface area contributed by atoms with Crippen LogP contribution in [0.1, 0.15) is 11.1 Å². The zero-order chi connectivity index (χ0) is 13.9. The molecule has 1 aromatic heterocycles. The predicted octanol–water partition coefficient (Wildman–Crippen LogP) is 4.81. The summed E-state index contributed by atoms with van der Waals surface area (Å²) in [6.07, 6.45) is 1.02. The van der Waals surface area contributed by atoms with Crippen molar-refractivity contribution in [2.45, 2.75) is 18.9 Å². The highest BCUT2D eigenvalue weighted by Gasteiger charge is 2.12. The summed E-state index contributed by atoms with van der Waals surface area (Å²) in [5.74, 6) is 0. The Hall–Kier alpha value is -1.16. The van der Waals surface area contributed by atoms with Crippen LogP contribution < -0.4 is 0 Å². The van der Waals surface area contributed by atoms with E-state index in [1.807, 2.05) is 18.2 Å². The van der Waals surface area contributed by atoms with Crippen molar-refractivity contribution in [2.24, 2.45) is 0 Å². The van der Waals surface area contributed by atoms with E-state index in [-0.39, 0.29) is 6.10 Å². The molecule has 3 aromatic rings. The summed E-state index contributed by atoms with van der Waals surface area (Å²) in [5.41, 5.74) is 2.39. The Balaban J connectivity index is 1.76. The van der Waals surface area contributed by atoms with Crippen molar-refractivity contribution in [3.8, 4) is 0 Å². The number of thiophene rings is 1. The number of rotatable bonds is 4. The molecule has 0 bridgehead atoms. The van der Waals surface area contributed by atoms with E-state index in [2.05, 4.69) is 51.6 Å².